The van der Waals surface area contributed by atoms with Crippen molar-refractivity contribution in [3.05, 3.63) is 93.4 Å². The fourth-order valence-corrected chi connectivity index (χ4v) is 3.19. The molecule has 2 aromatic carbocycles. The first-order valence-electron chi connectivity index (χ1n) is 10.3. The van der Waals surface area contributed by atoms with E-state index >= 15 is 0 Å². The third-order valence-corrected chi connectivity index (χ3v) is 4.63. The van der Waals surface area contributed by atoms with Crippen LogP contribution in [-0.4, -0.2) is 29.9 Å². The number of hydrogen-bond acceptors (Lipinski definition) is 5. The minimum atomic E-state index is -0.572. The maximum Gasteiger partial charge on any atom is 0.276 e. The van der Waals surface area contributed by atoms with Crippen LogP contribution in [-0.2, 0) is 6.54 Å². The summed E-state index contributed by atoms with van der Waals surface area (Å²) in [5.41, 5.74) is 4.88. The van der Waals surface area contributed by atoms with Gasteiger partial charge in [-0.25, -0.2) is 5.43 Å². The van der Waals surface area contributed by atoms with Crippen LogP contribution in [0.25, 0.3) is 0 Å². The van der Waals surface area contributed by atoms with Gasteiger partial charge in [0.25, 0.3) is 11.5 Å². The van der Waals surface area contributed by atoms with E-state index in [9.17, 15) is 9.59 Å². The van der Waals surface area contributed by atoms with E-state index in [4.69, 9.17) is 9.47 Å². The van der Waals surface area contributed by atoms with Crippen molar-refractivity contribution >= 4 is 12.1 Å². The van der Waals surface area contributed by atoms with Gasteiger partial charge in [-0.1, -0.05) is 29.8 Å². The lowest BCUT2D eigenvalue weighted by atomic mass is 10.1. The van der Waals surface area contributed by atoms with Gasteiger partial charge in [0.05, 0.1) is 26.0 Å². The molecule has 0 unspecified atom stereocenters. The van der Waals surface area contributed by atoms with Crippen LogP contribution in [0, 0.1) is 6.92 Å². The summed E-state index contributed by atoms with van der Waals surface area (Å²) in [5, 5.41) is 3.99. The van der Waals surface area contributed by atoms with Gasteiger partial charge in [-0.2, -0.15) is 5.10 Å². The lowest BCUT2D eigenvalue weighted by Crippen LogP contribution is -2.30. The predicted molar refractivity (Wildman–Crippen MR) is 125 cm³/mol. The smallest absolute Gasteiger partial charge is 0.276 e. The number of hydrazone groups is 1. The zero-order chi connectivity index (χ0) is 23.1. The Balaban J connectivity index is 1.72. The van der Waals surface area contributed by atoms with Crippen molar-refractivity contribution < 1.29 is 14.3 Å². The third-order valence-electron chi connectivity index (χ3n) is 4.63. The van der Waals surface area contributed by atoms with Gasteiger partial charge in [0.15, 0.2) is 11.5 Å². The largest absolute Gasteiger partial charge is 0.493 e. The molecule has 0 saturated carbocycles. The SMILES string of the molecule is COc1ccc(/C=N\NC(=O)c2cccn(Cc3cccc(C)c3)c2=O)cc1OC(C)C. The van der Waals surface area contributed by atoms with Crippen molar-refractivity contribution in [2.45, 2.75) is 33.4 Å². The molecule has 0 saturated heterocycles. The highest BCUT2D eigenvalue weighted by molar-refractivity contribution is 5.94. The molecule has 0 aliphatic heterocycles. The standard InChI is InChI=1S/C25H27N3O4/c1-17(2)32-23-14-19(10-11-22(23)31-4)15-26-27-24(29)21-9-6-12-28(25(21)30)16-20-8-5-7-18(3)13-20/h5-15,17H,16H2,1-4H3,(H,27,29)/b26-15-. The molecular weight excluding hydrogens is 406 g/mol. The maximum atomic E-state index is 12.8. The molecule has 0 fully saturated rings. The average molecular weight is 434 g/mol. The Labute approximate surface area is 187 Å². The van der Waals surface area contributed by atoms with E-state index in [1.807, 2.05) is 45.0 Å². The number of methoxy groups -OCH3 is 1. The first kappa shape index (κ1) is 22.8. The van der Waals surface area contributed by atoms with Crippen LogP contribution in [0.5, 0.6) is 11.5 Å². The Bertz CT molecular complexity index is 1180. The second kappa shape index (κ2) is 10.4. The van der Waals surface area contributed by atoms with Crippen LogP contribution in [0.1, 0.15) is 40.9 Å². The Morgan fingerprint density at radius 2 is 1.94 bits per heavy atom. The van der Waals surface area contributed by atoms with Crippen LogP contribution < -0.4 is 20.5 Å². The highest BCUT2D eigenvalue weighted by atomic mass is 16.5. The monoisotopic (exact) mass is 433 g/mol. The van der Waals surface area contributed by atoms with Gasteiger partial charge >= 0.3 is 0 Å². The summed E-state index contributed by atoms with van der Waals surface area (Å²) in [6.45, 7) is 6.22. The Kier molecular flexibility index (Phi) is 7.44. The number of aromatic nitrogens is 1. The first-order valence-corrected chi connectivity index (χ1v) is 10.3. The van der Waals surface area contributed by atoms with Crippen molar-refractivity contribution in [1.29, 1.82) is 0 Å². The molecule has 1 heterocycles. The van der Waals surface area contributed by atoms with Gasteiger partial charge in [0, 0.05) is 6.20 Å². The molecule has 0 atom stereocenters. The number of carbonyl (C=O) groups excluding carboxylic acids is 1. The molecule has 0 bridgehead atoms. The van der Waals surface area contributed by atoms with Crippen LogP contribution in [0.2, 0.25) is 0 Å². The highest BCUT2D eigenvalue weighted by Crippen LogP contribution is 2.28. The van der Waals surface area contributed by atoms with Crippen LogP contribution >= 0.6 is 0 Å². The van der Waals surface area contributed by atoms with Crippen molar-refractivity contribution in [3.8, 4) is 11.5 Å². The fourth-order valence-electron chi connectivity index (χ4n) is 3.19. The molecule has 0 radical (unpaired) electrons. The number of amides is 1. The number of rotatable bonds is 8. The second-order valence-electron chi connectivity index (χ2n) is 7.62. The minimum absolute atomic E-state index is 0.0177. The maximum absolute atomic E-state index is 12.8. The van der Waals surface area contributed by atoms with Crippen molar-refractivity contribution in [2.75, 3.05) is 7.11 Å². The number of ether oxygens (including phenoxy) is 2. The molecule has 1 N–H and O–H groups in total. The number of aryl methyl sites for hydroxylation is 1. The topological polar surface area (TPSA) is 81.9 Å². The summed E-state index contributed by atoms with van der Waals surface area (Å²) in [4.78, 5) is 25.3. The summed E-state index contributed by atoms with van der Waals surface area (Å²) < 4.78 is 12.5. The number of hydrogen-bond donors (Lipinski definition) is 1. The van der Waals surface area contributed by atoms with E-state index in [2.05, 4.69) is 10.5 Å². The molecule has 166 valence electrons. The van der Waals surface area contributed by atoms with Gasteiger partial charge in [0.2, 0.25) is 0 Å². The molecule has 0 spiro atoms. The van der Waals surface area contributed by atoms with Gasteiger partial charge in [-0.3, -0.25) is 9.59 Å². The van der Waals surface area contributed by atoms with E-state index < -0.39 is 5.91 Å². The van der Waals surface area contributed by atoms with E-state index in [0.29, 0.717) is 23.6 Å². The third kappa shape index (κ3) is 5.85. The van der Waals surface area contributed by atoms with Crippen LogP contribution in [0.15, 0.2) is 70.7 Å². The Hall–Kier alpha value is -3.87. The van der Waals surface area contributed by atoms with Gasteiger partial charge in [-0.05, 0) is 62.2 Å². The molecule has 0 aliphatic carbocycles. The average Bonchev–Trinajstić information content (AvgIpc) is 2.75. The summed E-state index contributed by atoms with van der Waals surface area (Å²) in [6, 6.07) is 16.4. The van der Waals surface area contributed by atoms with Gasteiger partial charge < -0.3 is 14.0 Å². The van der Waals surface area contributed by atoms with E-state index in [-0.39, 0.29) is 17.2 Å². The predicted octanol–water partition coefficient (Wildman–Crippen LogP) is 3.76. The first-order chi connectivity index (χ1) is 15.4. The summed E-state index contributed by atoms with van der Waals surface area (Å²) >= 11 is 0. The molecule has 1 amide bonds. The van der Waals surface area contributed by atoms with Gasteiger partial charge in [-0.15, -0.1) is 0 Å². The van der Waals surface area contributed by atoms with E-state index in [1.165, 1.54) is 16.8 Å². The van der Waals surface area contributed by atoms with Crippen molar-refractivity contribution in [3.63, 3.8) is 0 Å². The highest BCUT2D eigenvalue weighted by Gasteiger charge is 2.12. The summed E-state index contributed by atoms with van der Waals surface area (Å²) in [6.07, 6.45) is 3.13. The Morgan fingerprint density at radius 3 is 2.66 bits per heavy atom. The van der Waals surface area contributed by atoms with Crippen molar-refractivity contribution in [1.82, 2.24) is 9.99 Å². The zero-order valence-electron chi connectivity index (χ0n) is 18.7. The molecule has 7 nitrogen and oxygen atoms in total. The van der Waals surface area contributed by atoms with E-state index in [0.717, 1.165) is 11.1 Å². The van der Waals surface area contributed by atoms with Crippen molar-refractivity contribution in [2.24, 2.45) is 5.10 Å². The number of carbonyl (C=O) groups is 1. The van der Waals surface area contributed by atoms with Crippen LogP contribution in [0.4, 0.5) is 0 Å². The summed E-state index contributed by atoms with van der Waals surface area (Å²) in [7, 11) is 1.57. The lowest BCUT2D eigenvalue weighted by Gasteiger charge is -2.13. The molecule has 3 rings (SSSR count). The molecular formula is C25H27N3O4. The zero-order valence-corrected chi connectivity index (χ0v) is 18.7. The normalized spacial score (nSPS) is 11.0. The lowest BCUT2D eigenvalue weighted by molar-refractivity contribution is 0.0953. The molecule has 3 aromatic rings. The number of pyridine rings is 1. The quantitative estimate of drug-likeness (QED) is 0.433. The molecule has 1 aromatic heterocycles. The Morgan fingerprint density at radius 1 is 1.12 bits per heavy atom. The van der Waals surface area contributed by atoms with Gasteiger partial charge in [0.1, 0.15) is 5.56 Å². The number of benzene rings is 2. The minimum Gasteiger partial charge on any atom is -0.493 e. The molecule has 0 aliphatic rings. The number of nitrogens with zero attached hydrogens (tertiary/aromatic N) is 2. The van der Waals surface area contributed by atoms with E-state index in [1.54, 1.807) is 37.6 Å². The molecule has 7 heteroatoms. The van der Waals surface area contributed by atoms with Crippen LogP contribution in [0.3, 0.4) is 0 Å². The summed E-state index contributed by atoms with van der Waals surface area (Å²) in [5.74, 6) is 0.621. The fraction of sp³-hybridized carbons (Fsp3) is 0.240. The number of nitrogens with one attached hydrogen (secondary N) is 1. The molecule has 32 heavy (non-hydrogen) atoms. The second-order valence-corrected chi connectivity index (χ2v) is 7.62.